The van der Waals surface area contributed by atoms with E-state index < -0.39 is 5.41 Å². The Morgan fingerprint density at radius 3 is 2.55 bits per heavy atom. The lowest BCUT2D eigenvalue weighted by molar-refractivity contribution is -0.151. The summed E-state index contributed by atoms with van der Waals surface area (Å²) >= 11 is 0. The Morgan fingerprint density at radius 1 is 1.21 bits per heavy atom. The van der Waals surface area contributed by atoms with E-state index in [1.807, 2.05) is 36.0 Å². The van der Waals surface area contributed by atoms with Crippen LogP contribution in [0.15, 0.2) is 18.3 Å². The number of carbonyl (C=O) groups is 2. The van der Waals surface area contributed by atoms with Crippen molar-refractivity contribution in [1.29, 1.82) is 0 Å². The van der Waals surface area contributed by atoms with Gasteiger partial charge in [0, 0.05) is 59.4 Å². The molecular weight excluding hydrogens is 372 g/mol. The number of pyridine rings is 1. The van der Waals surface area contributed by atoms with Crippen LogP contribution in [0.1, 0.15) is 29.6 Å². The van der Waals surface area contributed by atoms with Crippen LogP contribution in [0.2, 0.25) is 0 Å². The van der Waals surface area contributed by atoms with Gasteiger partial charge in [-0.15, -0.1) is 0 Å². The van der Waals surface area contributed by atoms with Crippen molar-refractivity contribution in [1.82, 2.24) is 14.8 Å². The van der Waals surface area contributed by atoms with Gasteiger partial charge in [0.2, 0.25) is 0 Å². The molecule has 1 aromatic rings. The first-order valence-electron chi connectivity index (χ1n) is 10.4. The van der Waals surface area contributed by atoms with Crippen LogP contribution in [-0.4, -0.2) is 92.8 Å². The molecule has 1 spiro atoms. The Bertz CT molecular complexity index is 738. The average molecular weight is 402 g/mol. The summed E-state index contributed by atoms with van der Waals surface area (Å²) in [5, 5.41) is 0. The summed E-state index contributed by atoms with van der Waals surface area (Å²) in [5.74, 6) is 0.716. The minimum atomic E-state index is -0.430. The molecule has 8 nitrogen and oxygen atoms in total. The fourth-order valence-electron chi connectivity index (χ4n) is 4.52. The number of aromatic nitrogens is 1. The highest BCUT2D eigenvalue weighted by Crippen LogP contribution is 2.43. The lowest BCUT2D eigenvalue weighted by atomic mass is 9.76. The van der Waals surface area contributed by atoms with Crippen molar-refractivity contribution in [3.8, 4) is 0 Å². The summed E-state index contributed by atoms with van der Waals surface area (Å²) < 4.78 is 11.1. The van der Waals surface area contributed by atoms with Crippen LogP contribution >= 0.6 is 0 Å². The van der Waals surface area contributed by atoms with E-state index in [1.54, 1.807) is 6.20 Å². The Morgan fingerprint density at radius 2 is 1.93 bits per heavy atom. The maximum Gasteiger partial charge on any atom is 0.312 e. The monoisotopic (exact) mass is 402 g/mol. The fraction of sp³-hybridized carbons (Fsp3) is 0.667. The molecule has 0 aliphatic carbocycles. The van der Waals surface area contributed by atoms with E-state index >= 15 is 0 Å². The molecule has 0 N–H and O–H groups in total. The van der Waals surface area contributed by atoms with Crippen molar-refractivity contribution in [2.45, 2.75) is 25.4 Å². The van der Waals surface area contributed by atoms with Crippen LogP contribution in [0.5, 0.6) is 0 Å². The van der Waals surface area contributed by atoms with Gasteiger partial charge < -0.3 is 19.3 Å². The van der Waals surface area contributed by atoms with Gasteiger partial charge in [-0.2, -0.15) is 0 Å². The van der Waals surface area contributed by atoms with E-state index in [4.69, 9.17) is 9.47 Å². The molecule has 3 aliphatic rings. The van der Waals surface area contributed by atoms with Crippen molar-refractivity contribution in [3.05, 3.63) is 23.9 Å². The van der Waals surface area contributed by atoms with Gasteiger partial charge in [-0.1, -0.05) is 0 Å². The Hall–Kier alpha value is -2.19. The molecule has 0 bridgehead atoms. The van der Waals surface area contributed by atoms with E-state index in [0.717, 1.165) is 45.1 Å². The number of carbonyl (C=O) groups excluding carboxylic acids is 2. The second kappa shape index (κ2) is 8.28. The lowest BCUT2D eigenvalue weighted by Crippen LogP contribution is -2.45. The largest absolute Gasteiger partial charge is 0.461 e. The third-order valence-electron chi connectivity index (χ3n) is 6.35. The van der Waals surface area contributed by atoms with Gasteiger partial charge >= 0.3 is 5.97 Å². The quantitative estimate of drug-likeness (QED) is 0.696. The zero-order chi connectivity index (χ0) is 20.4. The average Bonchev–Trinajstić information content (AvgIpc) is 3.03. The van der Waals surface area contributed by atoms with Gasteiger partial charge in [-0.05, 0) is 25.0 Å². The topological polar surface area (TPSA) is 75.2 Å². The number of morpholine rings is 1. The van der Waals surface area contributed by atoms with Gasteiger partial charge in [0.15, 0.2) is 0 Å². The number of anilines is 1. The molecule has 1 amide bonds. The molecule has 158 valence electrons. The van der Waals surface area contributed by atoms with Crippen LogP contribution in [0.4, 0.5) is 5.82 Å². The van der Waals surface area contributed by atoms with Crippen molar-refractivity contribution in [3.63, 3.8) is 0 Å². The first-order valence-corrected chi connectivity index (χ1v) is 10.4. The molecule has 1 atom stereocenters. The molecule has 4 rings (SSSR count). The van der Waals surface area contributed by atoms with E-state index in [1.165, 1.54) is 0 Å². The van der Waals surface area contributed by atoms with Crippen molar-refractivity contribution >= 4 is 17.7 Å². The molecule has 3 aliphatic heterocycles. The number of nitrogens with zero attached hydrogens (tertiary/aromatic N) is 4. The first-order chi connectivity index (χ1) is 14.0. The zero-order valence-electron chi connectivity index (χ0n) is 17.3. The molecule has 8 heteroatoms. The summed E-state index contributed by atoms with van der Waals surface area (Å²) in [4.78, 5) is 35.9. The number of hydrogen-bond donors (Lipinski definition) is 0. The maximum absolute atomic E-state index is 12.8. The SMILES string of the molecule is CN(C)c1ccc(C(=O)N2CCC3(CC2)CC(CN2CCOCC2)OC3=O)cn1. The second-order valence-corrected chi connectivity index (χ2v) is 8.52. The fourth-order valence-corrected chi connectivity index (χ4v) is 4.52. The molecule has 0 aromatic carbocycles. The van der Waals surface area contributed by atoms with E-state index in [0.29, 0.717) is 31.5 Å². The number of esters is 1. The van der Waals surface area contributed by atoms with Crippen molar-refractivity contribution in [2.75, 3.05) is 64.9 Å². The molecule has 3 fully saturated rings. The second-order valence-electron chi connectivity index (χ2n) is 8.52. The molecule has 1 aromatic heterocycles. The summed E-state index contributed by atoms with van der Waals surface area (Å²) in [6.07, 6.45) is 3.67. The van der Waals surface area contributed by atoms with Crippen LogP contribution in [0, 0.1) is 5.41 Å². The van der Waals surface area contributed by atoms with Crippen LogP contribution < -0.4 is 4.90 Å². The van der Waals surface area contributed by atoms with Gasteiger partial charge in [0.1, 0.15) is 11.9 Å². The van der Waals surface area contributed by atoms with E-state index in [-0.39, 0.29) is 18.0 Å². The smallest absolute Gasteiger partial charge is 0.312 e. The molecule has 0 radical (unpaired) electrons. The third-order valence-corrected chi connectivity index (χ3v) is 6.35. The molecule has 0 saturated carbocycles. The number of cyclic esters (lactones) is 1. The first kappa shape index (κ1) is 20.1. The summed E-state index contributed by atoms with van der Waals surface area (Å²) in [6, 6.07) is 3.67. The van der Waals surface area contributed by atoms with Gasteiger partial charge in [0.25, 0.3) is 5.91 Å². The van der Waals surface area contributed by atoms with Crippen LogP contribution in [0.25, 0.3) is 0 Å². The standard InChI is InChI=1S/C21H30N4O4/c1-23(2)18-4-3-16(14-22-18)19(26)25-7-5-21(6-8-25)13-17(29-20(21)27)15-24-9-11-28-12-10-24/h3-4,14,17H,5-13,15H2,1-2H3. The molecular formula is C21H30N4O4. The number of likely N-dealkylation sites (tertiary alicyclic amines) is 1. The van der Waals surface area contributed by atoms with Crippen LogP contribution in [0.3, 0.4) is 0 Å². The summed E-state index contributed by atoms with van der Waals surface area (Å²) in [6.45, 7) is 5.21. The Labute approximate surface area is 171 Å². The number of piperidine rings is 1. The Kier molecular flexibility index (Phi) is 5.74. The summed E-state index contributed by atoms with van der Waals surface area (Å²) in [5.41, 5.74) is 0.159. The van der Waals surface area contributed by atoms with Gasteiger partial charge in [-0.3, -0.25) is 14.5 Å². The molecule has 29 heavy (non-hydrogen) atoms. The summed E-state index contributed by atoms with van der Waals surface area (Å²) in [7, 11) is 3.84. The van der Waals surface area contributed by atoms with E-state index in [2.05, 4.69) is 9.88 Å². The number of ether oxygens (including phenoxy) is 2. The highest BCUT2D eigenvalue weighted by atomic mass is 16.6. The lowest BCUT2D eigenvalue weighted by Gasteiger charge is -2.36. The van der Waals surface area contributed by atoms with Crippen LogP contribution in [-0.2, 0) is 14.3 Å². The minimum absolute atomic E-state index is 0.0195. The normalized spacial score (nSPS) is 24.6. The number of hydrogen-bond acceptors (Lipinski definition) is 7. The zero-order valence-corrected chi connectivity index (χ0v) is 17.3. The van der Waals surface area contributed by atoms with E-state index in [9.17, 15) is 9.59 Å². The van der Waals surface area contributed by atoms with Gasteiger partial charge in [-0.25, -0.2) is 4.98 Å². The predicted octanol–water partition coefficient (Wildman–Crippen LogP) is 1.02. The highest BCUT2D eigenvalue weighted by Gasteiger charge is 2.51. The number of amides is 1. The third kappa shape index (κ3) is 4.23. The molecule has 4 heterocycles. The van der Waals surface area contributed by atoms with Crippen molar-refractivity contribution in [2.24, 2.45) is 5.41 Å². The van der Waals surface area contributed by atoms with Crippen molar-refractivity contribution < 1.29 is 19.1 Å². The number of rotatable bonds is 4. The Balaban J connectivity index is 1.33. The molecule has 1 unspecified atom stereocenters. The van der Waals surface area contributed by atoms with Gasteiger partial charge in [0.05, 0.1) is 24.2 Å². The predicted molar refractivity (Wildman–Crippen MR) is 108 cm³/mol. The maximum atomic E-state index is 12.8. The highest BCUT2D eigenvalue weighted by molar-refractivity contribution is 5.94. The molecule has 3 saturated heterocycles. The minimum Gasteiger partial charge on any atom is -0.461 e.